The molecule has 0 saturated carbocycles. The maximum atomic E-state index is 9.78. The van der Waals surface area contributed by atoms with Gasteiger partial charge in [0.25, 0.3) is 0 Å². The van der Waals surface area contributed by atoms with Crippen LogP contribution in [-0.4, -0.2) is 22.9 Å². The third-order valence-electron chi connectivity index (χ3n) is 2.23. The van der Waals surface area contributed by atoms with Crippen LogP contribution in [-0.2, 0) is 0 Å². The fourth-order valence-electron chi connectivity index (χ4n) is 1.24. The van der Waals surface area contributed by atoms with Crippen molar-refractivity contribution >= 4 is 15.9 Å². The van der Waals surface area contributed by atoms with Crippen LogP contribution >= 0.6 is 15.9 Å². The number of hydrogen-bond donors (Lipinski definition) is 2. The van der Waals surface area contributed by atoms with Crippen molar-refractivity contribution in [1.82, 2.24) is 0 Å². The Morgan fingerprint density at radius 2 is 2.19 bits per heavy atom. The smallest absolute Gasteiger partial charge is 0.105 e. The van der Waals surface area contributed by atoms with E-state index in [0.717, 1.165) is 10.0 Å². The summed E-state index contributed by atoms with van der Waals surface area (Å²) in [6.45, 7) is 1.78. The fraction of sp³-hybridized carbons (Fsp3) is 0.400. The molecule has 5 nitrogen and oxygen atoms in total. The fourth-order valence-corrected chi connectivity index (χ4v) is 1.63. The summed E-state index contributed by atoms with van der Waals surface area (Å²) >= 11 is 3.34. The van der Waals surface area contributed by atoms with Gasteiger partial charge in [0.05, 0.1) is 12.6 Å². The first kappa shape index (κ1) is 13.0. The SMILES string of the molecule is Cc1ccc(C(O)C(O)CN=[N+]=[N-])cc1Br. The van der Waals surface area contributed by atoms with Gasteiger partial charge in [-0.15, -0.1) is 0 Å². The third kappa shape index (κ3) is 3.21. The van der Waals surface area contributed by atoms with Crippen LogP contribution in [0.5, 0.6) is 0 Å². The van der Waals surface area contributed by atoms with E-state index in [4.69, 9.17) is 5.53 Å². The number of azide groups is 1. The van der Waals surface area contributed by atoms with Crippen LogP contribution in [0.4, 0.5) is 0 Å². The van der Waals surface area contributed by atoms with Crippen molar-refractivity contribution in [3.05, 3.63) is 44.2 Å². The van der Waals surface area contributed by atoms with Crippen molar-refractivity contribution < 1.29 is 10.2 Å². The molecule has 0 aliphatic rings. The van der Waals surface area contributed by atoms with E-state index in [-0.39, 0.29) is 6.54 Å². The minimum absolute atomic E-state index is 0.150. The molecule has 1 aromatic carbocycles. The summed E-state index contributed by atoms with van der Waals surface area (Å²) in [6, 6.07) is 5.30. The van der Waals surface area contributed by atoms with Crippen LogP contribution in [0.3, 0.4) is 0 Å². The van der Waals surface area contributed by atoms with E-state index < -0.39 is 12.2 Å². The van der Waals surface area contributed by atoms with Crippen LogP contribution < -0.4 is 0 Å². The first-order valence-electron chi connectivity index (χ1n) is 4.69. The van der Waals surface area contributed by atoms with E-state index >= 15 is 0 Å². The van der Waals surface area contributed by atoms with E-state index in [9.17, 15) is 10.2 Å². The minimum atomic E-state index is -1.09. The van der Waals surface area contributed by atoms with Gasteiger partial charge in [-0.25, -0.2) is 0 Å². The molecule has 0 bridgehead atoms. The topological polar surface area (TPSA) is 89.2 Å². The molecule has 2 atom stereocenters. The molecule has 0 radical (unpaired) electrons. The van der Waals surface area contributed by atoms with E-state index in [1.54, 1.807) is 12.1 Å². The highest BCUT2D eigenvalue weighted by molar-refractivity contribution is 9.10. The minimum Gasteiger partial charge on any atom is -0.390 e. The second-order valence-electron chi connectivity index (χ2n) is 3.43. The summed E-state index contributed by atoms with van der Waals surface area (Å²) in [7, 11) is 0. The molecule has 0 aliphatic heterocycles. The molecule has 0 fully saturated rings. The van der Waals surface area contributed by atoms with E-state index in [1.165, 1.54) is 0 Å². The van der Waals surface area contributed by atoms with Crippen LogP contribution in [0.2, 0.25) is 0 Å². The van der Waals surface area contributed by atoms with Crippen LogP contribution in [0, 0.1) is 6.92 Å². The van der Waals surface area contributed by atoms with Crippen LogP contribution in [0.25, 0.3) is 10.4 Å². The number of nitrogens with zero attached hydrogens (tertiary/aromatic N) is 3. The Balaban J connectivity index is 2.82. The molecule has 6 heteroatoms. The van der Waals surface area contributed by atoms with Gasteiger partial charge in [0, 0.05) is 9.38 Å². The highest BCUT2D eigenvalue weighted by atomic mass is 79.9. The average molecular weight is 286 g/mol. The molecule has 1 aromatic rings. The Hall–Kier alpha value is -1.07. The molecule has 0 aromatic heterocycles. The highest BCUT2D eigenvalue weighted by Crippen LogP contribution is 2.23. The molecular weight excluding hydrogens is 274 g/mol. The van der Waals surface area contributed by atoms with E-state index in [2.05, 4.69) is 26.0 Å². The van der Waals surface area contributed by atoms with Gasteiger partial charge < -0.3 is 10.2 Å². The summed E-state index contributed by atoms with van der Waals surface area (Å²) < 4.78 is 0.861. The summed E-state index contributed by atoms with van der Waals surface area (Å²) in [6.07, 6.45) is -2.15. The van der Waals surface area contributed by atoms with Crippen molar-refractivity contribution in [2.45, 2.75) is 19.1 Å². The first-order valence-corrected chi connectivity index (χ1v) is 5.48. The van der Waals surface area contributed by atoms with Crippen LogP contribution in [0.15, 0.2) is 27.8 Å². The molecule has 2 N–H and O–H groups in total. The van der Waals surface area contributed by atoms with Crippen molar-refractivity contribution in [3.63, 3.8) is 0 Å². The lowest BCUT2D eigenvalue weighted by atomic mass is 10.0. The predicted octanol–water partition coefficient (Wildman–Crippen LogP) is 2.46. The molecule has 2 unspecified atom stereocenters. The number of aliphatic hydroxyl groups excluding tert-OH is 2. The quantitative estimate of drug-likeness (QED) is 0.505. The maximum Gasteiger partial charge on any atom is 0.105 e. The Bertz CT molecular complexity index is 419. The van der Waals surface area contributed by atoms with Crippen molar-refractivity contribution in [1.29, 1.82) is 0 Å². The van der Waals surface area contributed by atoms with Gasteiger partial charge in [-0.1, -0.05) is 33.2 Å². The lowest BCUT2D eigenvalue weighted by molar-refractivity contribution is 0.0244. The van der Waals surface area contributed by atoms with Crippen molar-refractivity contribution in [2.75, 3.05) is 6.54 Å². The summed E-state index contributed by atoms with van der Waals surface area (Å²) in [5.41, 5.74) is 9.73. The standard InChI is InChI=1S/C10H12BrN3O2/c1-6-2-3-7(4-8(6)11)10(16)9(15)5-13-14-12/h2-4,9-10,15-16H,5H2,1H3. The first-order chi connectivity index (χ1) is 7.56. The molecule has 1 rings (SSSR count). The molecule has 0 heterocycles. The van der Waals surface area contributed by atoms with Gasteiger partial charge in [-0.05, 0) is 29.6 Å². The molecule has 86 valence electrons. The number of hydrogen-bond acceptors (Lipinski definition) is 3. The second kappa shape index (κ2) is 5.86. The summed E-state index contributed by atoms with van der Waals surface area (Å²) in [5.74, 6) is 0. The van der Waals surface area contributed by atoms with Gasteiger partial charge in [0.2, 0.25) is 0 Å². The van der Waals surface area contributed by atoms with Crippen molar-refractivity contribution in [3.8, 4) is 0 Å². The van der Waals surface area contributed by atoms with Gasteiger partial charge in [-0.3, -0.25) is 0 Å². The normalized spacial score (nSPS) is 14.0. The molecule has 0 saturated heterocycles. The number of benzene rings is 1. The van der Waals surface area contributed by atoms with Gasteiger partial charge in [-0.2, -0.15) is 0 Å². The number of rotatable bonds is 4. The van der Waals surface area contributed by atoms with Crippen LogP contribution in [0.1, 0.15) is 17.2 Å². The third-order valence-corrected chi connectivity index (χ3v) is 3.09. The monoisotopic (exact) mass is 285 g/mol. The maximum absolute atomic E-state index is 9.78. The molecule has 0 aliphatic carbocycles. The number of aliphatic hydroxyl groups is 2. The highest BCUT2D eigenvalue weighted by Gasteiger charge is 2.17. The Kier molecular flexibility index (Phi) is 4.76. The molecular formula is C10H12BrN3O2. The summed E-state index contributed by atoms with van der Waals surface area (Å²) in [4.78, 5) is 2.53. The average Bonchev–Trinajstić information content (AvgIpc) is 2.28. The van der Waals surface area contributed by atoms with E-state index in [0.29, 0.717) is 5.56 Å². The van der Waals surface area contributed by atoms with Gasteiger partial charge in [0.15, 0.2) is 0 Å². The molecule has 0 amide bonds. The molecule has 16 heavy (non-hydrogen) atoms. The summed E-state index contributed by atoms with van der Waals surface area (Å²) in [5, 5.41) is 22.5. The van der Waals surface area contributed by atoms with Gasteiger partial charge in [0.1, 0.15) is 6.10 Å². The zero-order chi connectivity index (χ0) is 12.1. The zero-order valence-electron chi connectivity index (χ0n) is 8.71. The Morgan fingerprint density at radius 1 is 1.50 bits per heavy atom. The lowest BCUT2D eigenvalue weighted by Gasteiger charge is -2.16. The molecule has 0 spiro atoms. The Morgan fingerprint density at radius 3 is 2.75 bits per heavy atom. The number of halogens is 1. The largest absolute Gasteiger partial charge is 0.390 e. The second-order valence-corrected chi connectivity index (χ2v) is 4.29. The predicted molar refractivity (Wildman–Crippen MR) is 63.9 cm³/mol. The van der Waals surface area contributed by atoms with E-state index in [1.807, 2.05) is 13.0 Å². The Labute approximate surface area is 101 Å². The van der Waals surface area contributed by atoms with Gasteiger partial charge >= 0.3 is 0 Å². The van der Waals surface area contributed by atoms with Crippen molar-refractivity contribution in [2.24, 2.45) is 5.11 Å². The number of aryl methyl sites for hydroxylation is 1. The zero-order valence-corrected chi connectivity index (χ0v) is 10.3. The lowest BCUT2D eigenvalue weighted by Crippen LogP contribution is -2.21.